The maximum atomic E-state index is 12.2. The van der Waals surface area contributed by atoms with Crippen LogP contribution >= 0.6 is 0 Å². The molecule has 0 bridgehead atoms. The van der Waals surface area contributed by atoms with E-state index in [0.717, 1.165) is 0 Å². The number of benzene rings is 1. The van der Waals surface area contributed by atoms with Gasteiger partial charge in [-0.3, -0.25) is 9.59 Å². The monoisotopic (exact) mass is 232 g/mol. The summed E-state index contributed by atoms with van der Waals surface area (Å²) in [7, 11) is 0. The van der Waals surface area contributed by atoms with Gasteiger partial charge in [0.25, 0.3) is 11.1 Å². The van der Waals surface area contributed by atoms with E-state index in [-0.39, 0.29) is 11.1 Å². The highest BCUT2D eigenvalue weighted by Crippen LogP contribution is 2.04. The van der Waals surface area contributed by atoms with Crippen LogP contribution in [0.1, 0.15) is 0 Å². The maximum absolute atomic E-state index is 12.2. The van der Waals surface area contributed by atoms with Gasteiger partial charge in [0.15, 0.2) is 0 Å². The number of aromatic nitrogens is 2. The van der Waals surface area contributed by atoms with Crippen molar-refractivity contribution in [2.75, 3.05) is 13.2 Å². The normalized spacial score (nSPS) is 15.5. The largest absolute Gasteiger partial charge is 0.378 e. The van der Waals surface area contributed by atoms with Crippen molar-refractivity contribution in [1.29, 1.82) is 0 Å². The molecule has 0 saturated heterocycles. The van der Waals surface area contributed by atoms with E-state index in [1.165, 1.54) is 9.36 Å². The van der Waals surface area contributed by atoms with Crippen molar-refractivity contribution in [3.63, 3.8) is 0 Å². The third-order valence-corrected chi connectivity index (χ3v) is 3.04. The van der Waals surface area contributed by atoms with Gasteiger partial charge in [-0.15, -0.1) is 0 Å². The molecule has 0 amide bonds. The summed E-state index contributed by atoms with van der Waals surface area (Å²) in [6, 6.07) is 6.93. The fraction of sp³-hybridized carbons (Fsp3) is 0.333. The maximum Gasteiger partial charge on any atom is 0.273 e. The fourth-order valence-electron chi connectivity index (χ4n) is 2.20. The zero-order valence-electron chi connectivity index (χ0n) is 9.26. The van der Waals surface area contributed by atoms with Crippen molar-refractivity contribution in [3.8, 4) is 0 Å². The molecule has 0 fully saturated rings. The summed E-state index contributed by atoms with van der Waals surface area (Å²) in [5.74, 6) is 0. The Bertz CT molecular complexity index is 626. The van der Waals surface area contributed by atoms with Gasteiger partial charge in [-0.25, -0.2) is 9.36 Å². The highest BCUT2D eigenvalue weighted by Gasteiger charge is 2.14. The molecule has 1 aliphatic heterocycles. The molecule has 88 valence electrons. The van der Waals surface area contributed by atoms with E-state index in [4.69, 9.17) is 4.74 Å². The second-order valence-corrected chi connectivity index (χ2v) is 4.01. The van der Waals surface area contributed by atoms with Gasteiger partial charge < -0.3 is 4.74 Å². The molecule has 0 atom stereocenters. The van der Waals surface area contributed by atoms with Crippen LogP contribution in [0, 0.1) is 0 Å². The molecule has 0 aliphatic carbocycles. The minimum Gasteiger partial charge on any atom is -0.378 e. The molecule has 0 radical (unpaired) electrons. The highest BCUT2D eigenvalue weighted by molar-refractivity contribution is 5.80. The second kappa shape index (κ2) is 3.85. The quantitative estimate of drug-likeness (QED) is 0.651. The predicted molar refractivity (Wildman–Crippen MR) is 63.3 cm³/mol. The highest BCUT2D eigenvalue weighted by atomic mass is 16.5. The van der Waals surface area contributed by atoms with Crippen LogP contribution in [0.3, 0.4) is 0 Å². The Balaban J connectivity index is 2.47. The molecule has 5 nitrogen and oxygen atoms in total. The van der Waals surface area contributed by atoms with Gasteiger partial charge in [-0.2, -0.15) is 0 Å². The first-order chi connectivity index (χ1) is 8.29. The van der Waals surface area contributed by atoms with Gasteiger partial charge in [0.1, 0.15) is 0 Å². The van der Waals surface area contributed by atoms with E-state index >= 15 is 0 Å². The van der Waals surface area contributed by atoms with E-state index in [1.807, 2.05) is 0 Å². The Labute approximate surface area is 96.8 Å². The fourth-order valence-corrected chi connectivity index (χ4v) is 2.20. The van der Waals surface area contributed by atoms with Gasteiger partial charge in [0.2, 0.25) is 0 Å². The van der Waals surface area contributed by atoms with E-state index in [0.29, 0.717) is 37.1 Å². The Hall–Kier alpha value is -1.88. The van der Waals surface area contributed by atoms with Crippen molar-refractivity contribution in [3.05, 3.63) is 45.0 Å². The van der Waals surface area contributed by atoms with Crippen LogP contribution in [-0.2, 0) is 17.8 Å². The molecule has 17 heavy (non-hydrogen) atoms. The lowest BCUT2D eigenvalue weighted by Gasteiger charge is -2.12. The van der Waals surface area contributed by atoms with Crippen LogP contribution in [0.25, 0.3) is 10.8 Å². The van der Waals surface area contributed by atoms with E-state index in [1.54, 1.807) is 24.3 Å². The van der Waals surface area contributed by atoms with Crippen molar-refractivity contribution in [2.45, 2.75) is 13.1 Å². The van der Waals surface area contributed by atoms with E-state index in [9.17, 15) is 9.59 Å². The lowest BCUT2D eigenvalue weighted by molar-refractivity contribution is 0.137. The van der Waals surface area contributed by atoms with Gasteiger partial charge in [0.05, 0.1) is 37.1 Å². The van der Waals surface area contributed by atoms with Gasteiger partial charge in [-0.05, 0) is 12.1 Å². The third kappa shape index (κ3) is 1.51. The molecule has 1 aromatic carbocycles. The molecule has 5 heteroatoms. The zero-order valence-corrected chi connectivity index (χ0v) is 9.26. The Kier molecular flexibility index (Phi) is 2.33. The minimum atomic E-state index is -0.120. The van der Waals surface area contributed by atoms with Crippen LogP contribution in [0.15, 0.2) is 33.9 Å². The summed E-state index contributed by atoms with van der Waals surface area (Å²) in [5, 5.41) is 0.964. The molecule has 0 spiro atoms. The summed E-state index contributed by atoms with van der Waals surface area (Å²) >= 11 is 0. The molecule has 1 aromatic heterocycles. The molecular formula is C12H12N2O3. The molecule has 2 heterocycles. The van der Waals surface area contributed by atoms with Crippen LogP contribution in [0.2, 0.25) is 0 Å². The number of hydrogen-bond donors (Lipinski definition) is 0. The Morgan fingerprint density at radius 3 is 1.82 bits per heavy atom. The van der Waals surface area contributed by atoms with Crippen molar-refractivity contribution in [2.24, 2.45) is 0 Å². The first-order valence-corrected chi connectivity index (χ1v) is 5.59. The third-order valence-electron chi connectivity index (χ3n) is 3.04. The van der Waals surface area contributed by atoms with Crippen LogP contribution in [-0.4, -0.2) is 22.6 Å². The van der Waals surface area contributed by atoms with Gasteiger partial charge in [0, 0.05) is 0 Å². The molecule has 0 unspecified atom stereocenters. The molecule has 1 aliphatic rings. The molecular weight excluding hydrogens is 220 g/mol. The van der Waals surface area contributed by atoms with E-state index in [2.05, 4.69) is 0 Å². The number of hydrogen-bond acceptors (Lipinski definition) is 3. The average molecular weight is 232 g/mol. The summed E-state index contributed by atoms with van der Waals surface area (Å²) in [4.78, 5) is 24.5. The first-order valence-electron chi connectivity index (χ1n) is 5.59. The van der Waals surface area contributed by atoms with Crippen molar-refractivity contribution >= 4 is 10.8 Å². The summed E-state index contributed by atoms with van der Waals surface area (Å²) in [6.07, 6.45) is 0. The average Bonchev–Trinajstić information content (AvgIpc) is 2.62. The lowest BCUT2D eigenvalue weighted by atomic mass is 10.2. The van der Waals surface area contributed by atoms with Crippen LogP contribution < -0.4 is 11.1 Å². The number of rotatable bonds is 0. The number of ether oxygens (including phenoxy) is 1. The SMILES string of the molecule is O=c1c2ccccc2c(=O)n2n1CCOCC2. The first kappa shape index (κ1) is 10.3. The van der Waals surface area contributed by atoms with Gasteiger partial charge >= 0.3 is 0 Å². The predicted octanol–water partition coefficient (Wildman–Crippen LogP) is 0.193. The molecule has 0 N–H and O–H groups in total. The summed E-state index contributed by atoms with van der Waals surface area (Å²) < 4.78 is 8.26. The summed E-state index contributed by atoms with van der Waals surface area (Å²) in [5.41, 5.74) is -0.239. The number of fused-ring (bicyclic) bond motifs is 2. The van der Waals surface area contributed by atoms with Gasteiger partial charge in [-0.1, -0.05) is 12.1 Å². The van der Waals surface area contributed by atoms with Crippen molar-refractivity contribution < 1.29 is 4.74 Å². The van der Waals surface area contributed by atoms with Crippen molar-refractivity contribution in [1.82, 2.24) is 9.36 Å². The minimum absolute atomic E-state index is 0.120. The molecule has 2 aromatic rings. The lowest BCUT2D eigenvalue weighted by Crippen LogP contribution is -2.38. The van der Waals surface area contributed by atoms with Crippen LogP contribution in [0.4, 0.5) is 0 Å². The molecule has 3 rings (SSSR count). The molecule has 0 saturated carbocycles. The Morgan fingerprint density at radius 2 is 1.35 bits per heavy atom. The topological polar surface area (TPSA) is 53.2 Å². The second-order valence-electron chi connectivity index (χ2n) is 4.01. The van der Waals surface area contributed by atoms with E-state index < -0.39 is 0 Å². The van der Waals surface area contributed by atoms with Crippen LogP contribution in [0.5, 0.6) is 0 Å². The standard InChI is InChI=1S/C12H12N2O3/c15-11-9-3-1-2-4-10(9)12(16)14-6-8-17-7-5-13(11)14/h1-4H,5-8H2. The number of nitrogens with zero attached hydrogens (tertiary/aromatic N) is 2. The Morgan fingerprint density at radius 1 is 0.882 bits per heavy atom. The smallest absolute Gasteiger partial charge is 0.273 e. The zero-order chi connectivity index (χ0) is 11.8. The summed E-state index contributed by atoms with van der Waals surface area (Å²) in [6.45, 7) is 1.80.